The van der Waals surface area contributed by atoms with Crippen molar-refractivity contribution in [1.29, 1.82) is 0 Å². The molecule has 0 aromatic heterocycles. The van der Waals surface area contributed by atoms with Gasteiger partial charge in [0.1, 0.15) is 5.82 Å². The number of halogens is 1. The van der Waals surface area contributed by atoms with Gasteiger partial charge in [-0.05, 0) is 64.3 Å². The van der Waals surface area contributed by atoms with Crippen molar-refractivity contribution in [2.24, 2.45) is 0 Å². The van der Waals surface area contributed by atoms with E-state index in [4.69, 9.17) is 0 Å². The highest BCUT2D eigenvalue weighted by molar-refractivity contribution is 5.47. The maximum Gasteiger partial charge on any atom is 0.146 e. The van der Waals surface area contributed by atoms with E-state index in [9.17, 15) is 4.39 Å². The average Bonchev–Trinajstić information content (AvgIpc) is 2.59. The molecule has 3 heteroatoms. The molecule has 2 nitrogen and oxygen atoms in total. The van der Waals surface area contributed by atoms with Crippen molar-refractivity contribution in [3.05, 3.63) is 29.6 Å². The van der Waals surface area contributed by atoms with Gasteiger partial charge in [0, 0.05) is 18.6 Å². The van der Waals surface area contributed by atoms with E-state index in [-0.39, 0.29) is 5.82 Å². The summed E-state index contributed by atoms with van der Waals surface area (Å²) in [6.45, 7) is 8.75. The van der Waals surface area contributed by atoms with Gasteiger partial charge in [-0.25, -0.2) is 4.39 Å². The van der Waals surface area contributed by atoms with Crippen LogP contribution in [0.3, 0.4) is 0 Å². The van der Waals surface area contributed by atoms with Crippen molar-refractivity contribution < 1.29 is 4.39 Å². The van der Waals surface area contributed by atoms with Crippen molar-refractivity contribution in [2.45, 2.75) is 52.1 Å². The smallest absolute Gasteiger partial charge is 0.146 e. The molecule has 106 valence electrons. The maximum atomic E-state index is 13.8. The number of likely N-dealkylation sites (tertiary alicyclic amines) is 1. The molecule has 1 heterocycles. The zero-order valence-corrected chi connectivity index (χ0v) is 12.2. The molecular formula is C16H25FN2. The zero-order valence-electron chi connectivity index (χ0n) is 12.2. The number of hydrogen-bond donors (Lipinski definition) is 1. The highest BCUT2D eigenvalue weighted by Gasteiger charge is 2.19. The van der Waals surface area contributed by atoms with Crippen LogP contribution in [0.5, 0.6) is 0 Å². The van der Waals surface area contributed by atoms with Crippen molar-refractivity contribution in [3.8, 4) is 0 Å². The van der Waals surface area contributed by atoms with Crippen LogP contribution in [0.2, 0.25) is 0 Å². The second-order valence-electron chi connectivity index (χ2n) is 5.89. The fraction of sp³-hybridized carbons (Fsp3) is 0.625. The van der Waals surface area contributed by atoms with E-state index in [1.165, 1.54) is 6.42 Å². The minimum absolute atomic E-state index is 0.143. The molecule has 19 heavy (non-hydrogen) atoms. The van der Waals surface area contributed by atoms with E-state index in [1.54, 1.807) is 6.07 Å². The summed E-state index contributed by atoms with van der Waals surface area (Å²) in [5.41, 5.74) is 1.75. The van der Waals surface area contributed by atoms with Gasteiger partial charge in [0.2, 0.25) is 0 Å². The third-order valence-electron chi connectivity index (χ3n) is 3.97. The third kappa shape index (κ3) is 3.93. The average molecular weight is 264 g/mol. The Labute approximate surface area is 116 Å². The molecule has 1 aliphatic heterocycles. The number of anilines is 1. The molecule has 1 unspecified atom stereocenters. The Morgan fingerprint density at radius 1 is 1.26 bits per heavy atom. The Bertz CT molecular complexity index is 417. The molecule has 1 aromatic rings. The van der Waals surface area contributed by atoms with Crippen molar-refractivity contribution in [3.63, 3.8) is 0 Å². The van der Waals surface area contributed by atoms with E-state index in [0.717, 1.165) is 31.5 Å². The van der Waals surface area contributed by atoms with Gasteiger partial charge in [-0.15, -0.1) is 0 Å². The first-order valence-electron chi connectivity index (χ1n) is 7.33. The summed E-state index contributed by atoms with van der Waals surface area (Å²) in [7, 11) is 0. The lowest BCUT2D eigenvalue weighted by Crippen LogP contribution is -2.32. The van der Waals surface area contributed by atoms with Gasteiger partial charge < -0.3 is 10.2 Å². The summed E-state index contributed by atoms with van der Waals surface area (Å²) in [4.78, 5) is 2.51. The van der Waals surface area contributed by atoms with Gasteiger partial charge in [-0.3, -0.25) is 0 Å². The summed E-state index contributed by atoms with van der Waals surface area (Å²) >= 11 is 0. The van der Waals surface area contributed by atoms with Crippen molar-refractivity contribution >= 4 is 5.69 Å². The molecule has 2 rings (SSSR count). The van der Waals surface area contributed by atoms with Gasteiger partial charge in [-0.2, -0.15) is 0 Å². The summed E-state index contributed by atoms with van der Waals surface area (Å²) in [5.74, 6) is -0.143. The van der Waals surface area contributed by atoms with Gasteiger partial charge in [0.05, 0.1) is 5.69 Å². The molecule has 1 aliphatic rings. The number of benzene rings is 1. The Hall–Kier alpha value is -1.09. The van der Waals surface area contributed by atoms with E-state index in [2.05, 4.69) is 24.1 Å². The largest absolute Gasteiger partial charge is 0.380 e. The highest BCUT2D eigenvalue weighted by atomic mass is 19.1. The molecule has 0 amide bonds. The fourth-order valence-electron chi connectivity index (χ4n) is 2.75. The van der Waals surface area contributed by atoms with Crippen molar-refractivity contribution in [1.82, 2.24) is 4.90 Å². The molecule has 1 atom stereocenters. The first-order chi connectivity index (χ1) is 9.06. The monoisotopic (exact) mass is 264 g/mol. The molecule has 0 bridgehead atoms. The topological polar surface area (TPSA) is 15.3 Å². The summed E-state index contributed by atoms with van der Waals surface area (Å²) < 4.78 is 13.8. The molecule has 1 aromatic carbocycles. The Kier molecular flexibility index (Phi) is 4.81. The van der Waals surface area contributed by atoms with Crippen LogP contribution >= 0.6 is 0 Å². The molecule has 1 saturated heterocycles. The van der Waals surface area contributed by atoms with Crippen LogP contribution in [-0.4, -0.2) is 30.1 Å². The van der Waals surface area contributed by atoms with Crippen LogP contribution in [0.4, 0.5) is 10.1 Å². The maximum absolute atomic E-state index is 13.8. The van der Waals surface area contributed by atoms with Crippen LogP contribution in [0.25, 0.3) is 0 Å². The quantitative estimate of drug-likeness (QED) is 0.893. The molecule has 0 saturated carbocycles. The standard InChI is InChI=1S/C16H25FN2/c1-12(2)19-9-4-5-14(8-10-19)18-16-11-13(3)6-7-15(16)17/h6-7,11-12,14,18H,4-5,8-10H2,1-3H3. The predicted molar refractivity (Wildman–Crippen MR) is 79.1 cm³/mol. The highest BCUT2D eigenvalue weighted by Crippen LogP contribution is 2.21. The van der Waals surface area contributed by atoms with Gasteiger partial charge in [0.25, 0.3) is 0 Å². The van der Waals surface area contributed by atoms with Crippen LogP contribution < -0.4 is 5.32 Å². The van der Waals surface area contributed by atoms with E-state index in [1.807, 2.05) is 19.1 Å². The number of nitrogens with one attached hydrogen (secondary N) is 1. The Morgan fingerprint density at radius 2 is 2.05 bits per heavy atom. The summed E-state index contributed by atoms with van der Waals surface area (Å²) in [6.07, 6.45) is 3.39. The van der Waals surface area contributed by atoms with Crippen LogP contribution in [0.1, 0.15) is 38.7 Å². The van der Waals surface area contributed by atoms with Gasteiger partial charge in [-0.1, -0.05) is 6.07 Å². The second-order valence-corrected chi connectivity index (χ2v) is 5.89. The Morgan fingerprint density at radius 3 is 2.79 bits per heavy atom. The lowest BCUT2D eigenvalue weighted by atomic mass is 10.1. The fourth-order valence-corrected chi connectivity index (χ4v) is 2.75. The Balaban J connectivity index is 1.98. The molecule has 1 N–H and O–H groups in total. The third-order valence-corrected chi connectivity index (χ3v) is 3.97. The number of hydrogen-bond acceptors (Lipinski definition) is 2. The molecule has 1 fully saturated rings. The van der Waals surface area contributed by atoms with E-state index in [0.29, 0.717) is 17.8 Å². The van der Waals surface area contributed by atoms with Gasteiger partial charge >= 0.3 is 0 Å². The second kappa shape index (κ2) is 6.38. The van der Waals surface area contributed by atoms with E-state index < -0.39 is 0 Å². The molecule has 0 spiro atoms. The zero-order chi connectivity index (χ0) is 13.8. The molecule has 0 aliphatic carbocycles. The number of aryl methyl sites for hydroxylation is 1. The molecule has 0 radical (unpaired) electrons. The molecular weight excluding hydrogens is 239 g/mol. The normalized spacial score (nSPS) is 21.4. The number of nitrogens with zero attached hydrogens (tertiary/aromatic N) is 1. The minimum atomic E-state index is -0.143. The lowest BCUT2D eigenvalue weighted by molar-refractivity contribution is 0.230. The number of rotatable bonds is 3. The summed E-state index contributed by atoms with van der Waals surface area (Å²) in [5, 5.41) is 3.39. The van der Waals surface area contributed by atoms with Crippen LogP contribution in [-0.2, 0) is 0 Å². The van der Waals surface area contributed by atoms with Gasteiger partial charge in [0.15, 0.2) is 0 Å². The van der Waals surface area contributed by atoms with Crippen LogP contribution in [0, 0.1) is 12.7 Å². The summed E-state index contributed by atoms with van der Waals surface area (Å²) in [6, 6.07) is 6.26. The van der Waals surface area contributed by atoms with Crippen molar-refractivity contribution in [2.75, 3.05) is 18.4 Å². The SMILES string of the molecule is Cc1ccc(F)c(NC2CCCN(C(C)C)CC2)c1. The van der Waals surface area contributed by atoms with E-state index >= 15 is 0 Å². The first kappa shape index (κ1) is 14.3. The first-order valence-corrected chi connectivity index (χ1v) is 7.33. The van der Waals surface area contributed by atoms with Crippen LogP contribution in [0.15, 0.2) is 18.2 Å². The minimum Gasteiger partial charge on any atom is -0.380 e. The lowest BCUT2D eigenvalue weighted by Gasteiger charge is -2.24. The predicted octanol–water partition coefficient (Wildman–Crippen LogP) is 3.81.